The van der Waals surface area contributed by atoms with Crippen LogP contribution >= 0.6 is 0 Å². The quantitative estimate of drug-likeness (QED) is 0.910. The van der Waals surface area contributed by atoms with Crippen LogP contribution in [0, 0.1) is 11.7 Å². The molecule has 2 fully saturated rings. The minimum atomic E-state index is -0.474. The molecule has 0 aromatic heterocycles. The normalized spacial score (nSPS) is 28.3. The van der Waals surface area contributed by atoms with Gasteiger partial charge < -0.3 is 5.11 Å². The van der Waals surface area contributed by atoms with Crippen LogP contribution in [-0.4, -0.2) is 29.1 Å². The largest absolute Gasteiger partial charge is 0.388 e. The lowest BCUT2D eigenvalue weighted by Crippen LogP contribution is -2.35. The molecule has 20 heavy (non-hydrogen) atoms. The summed E-state index contributed by atoms with van der Waals surface area (Å²) >= 11 is 0. The number of likely N-dealkylation sites (tertiary alicyclic amines) is 1. The highest BCUT2D eigenvalue weighted by atomic mass is 19.1. The molecule has 1 aliphatic carbocycles. The molecule has 0 amide bonds. The zero-order valence-electron chi connectivity index (χ0n) is 12.0. The number of halogens is 1. The van der Waals surface area contributed by atoms with Gasteiger partial charge in [0.05, 0.1) is 6.10 Å². The third-order valence-electron chi connectivity index (χ3n) is 5.07. The fourth-order valence-corrected chi connectivity index (χ4v) is 3.92. The van der Waals surface area contributed by atoms with Crippen LogP contribution < -0.4 is 0 Å². The Balaban J connectivity index is 1.52. The Morgan fingerprint density at radius 1 is 1.15 bits per heavy atom. The van der Waals surface area contributed by atoms with Gasteiger partial charge in [0.15, 0.2) is 0 Å². The van der Waals surface area contributed by atoms with E-state index in [-0.39, 0.29) is 5.82 Å². The predicted molar refractivity (Wildman–Crippen MR) is 77.9 cm³/mol. The molecule has 0 spiro atoms. The monoisotopic (exact) mass is 277 g/mol. The second-order valence-electron chi connectivity index (χ2n) is 6.29. The Labute approximate surface area is 120 Å². The van der Waals surface area contributed by atoms with E-state index in [2.05, 4.69) is 4.90 Å². The van der Waals surface area contributed by atoms with Crippen LogP contribution in [0.15, 0.2) is 24.3 Å². The molecule has 0 radical (unpaired) electrons. The molecular weight excluding hydrogens is 253 g/mol. The van der Waals surface area contributed by atoms with Gasteiger partial charge in [-0.25, -0.2) is 4.39 Å². The number of benzene rings is 1. The van der Waals surface area contributed by atoms with E-state index in [1.54, 1.807) is 12.1 Å². The smallest absolute Gasteiger partial charge is 0.123 e. The van der Waals surface area contributed by atoms with E-state index in [0.717, 1.165) is 30.5 Å². The third-order valence-corrected chi connectivity index (χ3v) is 5.07. The lowest BCUT2D eigenvalue weighted by atomic mass is 9.85. The summed E-state index contributed by atoms with van der Waals surface area (Å²) in [6.45, 7) is 2.14. The molecular formula is C17H24FNO. The molecule has 3 atom stereocenters. The van der Waals surface area contributed by atoms with Crippen LogP contribution in [0.4, 0.5) is 4.39 Å². The first kappa shape index (κ1) is 14.0. The van der Waals surface area contributed by atoms with Crippen molar-refractivity contribution in [3.8, 4) is 0 Å². The van der Waals surface area contributed by atoms with Gasteiger partial charge in [-0.2, -0.15) is 0 Å². The maximum atomic E-state index is 12.9. The molecule has 1 aromatic rings. The molecule has 1 saturated heterocycles. The van der Waals surface area contributed by atoms with E-state index < -0.39 is 6.10 Å². The van der Waals surface area contributed by atoms with Crippen LogP contribution in [0.2, 0.25) is 0 Å². The molecule has 3 rings (SSSR count). The van der Waals surface area contributed by atoms with Crippen molar-refractivity contribution in [2.45, 2.75) is 50.7 Å². The highest BCUT2D eigenvalue weighted by Gasteiger charge is 2.35. The minimum Gasteiger partial charge on any atom is -0.388 e. The number of hydrogen-bond acceptors (Lipinski definition) is 2. The van der Waals surface area contributed by atoms with Crippen molar-refractivity contribution in [2.75, 3.05) is 13.1 Å². The molecule has 1 heterocycles. The molecule has 3 heteroatoms. The summed E-state index contributed by atoms with van der Waals surface area (Å²) < 4.78 is 12.9. The maximum Gasteiger partial charge on any atom is 0.123 e. The predicted octanol–water partition coefficient (Wildman–Crippen LogP) is 3.51. The van der Waals surface area contributed by atoms with E-state index >= 15 is 0 Å². The molecule has 1 saturated carbocycles. The molecule has 3 unspecified atom stereocenters. The van der Waals surface area contributed by atoms with Crippen molar-refractivity contribution in [3.63, 3.8) is 0 Å². The van der Waals surface area contributed by atoms with Crippen molar-refractivity contribution in [1.29, 1.82) is 0 Å². The van der Waals surface area contributed by atoms with Crippen molar-refractivity contribution >= 4 is 0 Å². The fourth-order valence-electron chi connectivity index (χ4n) is 3.92. The zero-order valence-corrected chi connectivity index (χ0v) is 12.0. The Bertz CT molecular complexity index is 433. The van der Waals surface area contributed by atoms with Crippen LogP contribution in [-0.2, 0) is 0 Å². The summed E-state index contributed by atoms with van der Waals surface area (Å²) in [5, 5.41) is 10.2. The van der Waals surface area contributed by atoms with Gasteiger partial charge in [0.1, 0.15) is 5.82 Å². The lowest BCUT2D eigenvalue weighted by molar-refractivity contribution is 0.123. The Morgan fingerprint density at radius 2 is 1.90 bits per heavy atom. The molecule has 2 aliphatic rings. The van der Waals surface area contributed by atoms with Crippen LogP contribution in [0.1, 0.15) is 50.2 Å². The van der Waals surface area contributed by atoms with E-state index in [1.807, 2.05) is 0 Å². The van der Waals surface area contributed by atoms with Crippen LogP contribution in [0.25, 0.3) is 0 Å². The van der Waals surface area contributed by atoms with E-state index in [1.165, 1.54) is 50.8 Å². The van der Waals surface area contributed by atoms with Gasteiger partial charge in [-0.1, -0.05) is 25.0 Å². The van der Waals surface area contributed by atoms with Gasteiger partial charge in [-0.05, 0) is 55.8 Å². The number of rotatable bonds is 4. The second kappa shape index (κ2) is 6.23. The van der Waals surface area contributed by atoms with Gasteiger partial charge in [0.25, 0.3) is 0 Å². The second-order valence-corrected chi connectivity index (χ2v) is 6.29. The van der Waals surface area contributed by atoms with Gasteiger partial charge in [0, 0.05) is 12.6 Å². The number of aliphatic hydroxyl groups excluding tert-OH is 1. The zero-order chi connectivity index (χ0) is 13.9. The first-order valence-electron chi connectivity index (χ1n) is 7.91. The summed E-state index contributed by atoms with van der Waals surface area (Å²) in [5.41, 5.74) is 0.825. The van der Waals surface area contributed by atoms with E-state index in [9.17, 15) is 9.50 Å². The number of fused-ring (bicyclic) bond motifs is 1. The van der Waals surface area contributed by atoms with Gasteiger partial charge in [-0.15, -0.1) is 0 Å². The summed E-state index contributed by atoms with van der Waals surface area (Å²) in [6.07, 6.45) is 7.08. The van der Waals surface area contributed by atoms with Gasteiger partial charge in [0.2, 0.25) is 0 Å². The fraction of sp³-hybridized carbons (Fsp3) is 0.647. The first-order chi connectivity index (χ1) is 9.74. The molecule has 110 valence electrons. The average molecular weight is 277 g/mol. The third kappa shape index (κ3) is 3.04. The minimum absolute atomic E-state index is 0.245. The topological polar surface area (TPSA) is 23.5 Å². The lowest BCUT2D eigenvalue weighted by Gasteiger charge is -2.32. The van der Waals surface area contributed by atoms with E-state index in [4.69, 9.17) is 0 Å². The summed E-state index contributed by atoms with van der Waals surface area (Å²) in [7, 11) is 0. The average Bonchev–Trinajstić information content (AvgIpc) is 2.89. The van der Waals surface area contributed by atoms with Crippen molar-refractivity contribution in [1.82, 2.24) is 4.90 Å². The van der Waals surface area contributed by atoms with Crippen molar-refractivity contribution < 1.29 is 9.50 Å². The number of hydrogen-bond donors (Lipinski definition) is 1. The molecule has 2 nitrogen and oxygen atoms in total. The number of nitrogens with zero attached hydrogens (tertiary/aromatic N) is 1. The summed E-state index contributed by atoms with van der Waals surface area (Å²) in [5.74, 6) is 0.650. The van der Waals surface area contributed by atoms with Crippen LogP contribution in [0.3, 0.4) is 0 Å². The Morgan fingerprint density at radius 3 is 2.70 bits per heavy atom. The summed E-state index contributed by atoms with van der Waals surface area (Å²) in [4.78, 5) is 2.57. The van der Waals surface area contributed by atoms with E-state index in [0.29, 0.717) is 0 Å². The molecule has 1 aliphatic heterocycles. The van der Waals surface area contributed by atoms with Crippen molar-refractivity contribution in [3.05, 3.63) is 35.6 Å². The molecule has 1 aromatic carbocycles. The molecule has 1 N–H and O–H groups in total. The van der Waals surface area contributed by atoms with Crippen LogP contribution in [0.5, 0.6) is 0 Å². The Hall–Kier alpha value is -0.930. The SMILES string of the molecule is OC(CCN1CCC2CCCCC21)c1ccc(F)cc1. The first-order valence-corrected chi connectivity index (χ1v) is 7.91. The van der Waals surface area contributed by atoms with Crippen molar-refractivity contribution in [2.24, 2.45) is 5.92 Å². The maximum absolute atomic E-state index is 12.9. The summed E-state index contributed by atoms with van der Waals surface area (Å²) in [6, 6.07) is 6.97. The highest BCUT2D eigenvalue weighted by Crippen LogP contribution is 2.36. The molecule has 0 bridgehead atoms. The number of aliphatic hydroxyl groups is 1. The Kier molecular flexibility index (Phi) is 4.37. The van der Waals surface area contributed by atoms with Gasteiger partial charge in [-0.3, -0.25) is 4.90 Å². The standard InChI is InChI=1S/C17H24FNO/c18-15-7-5-14(6-8-15)17(20)10-12-19-11-9-13-3-1-2-4-16(13)19/h5-8,13,16-17,20H,1-4,9-12H2. The van der Waals surface area contributed by atoms with Gasteiger partial charge >= 0.3 is 0 Å². The highest BCUT2D eigenvalue weighted by molar-refractivity contribution is 5.18.